The van der Waals surface area contributed by atoms with Crippen molar-refractivity contribution >= 4 is 12.0 Å². The van der Waals surface area contributed by atoms with E-state index in [1.165, 1.54) is 0 Å². The normalized spacial score (nSPS) is 12.2. The molecule has 0 aliphatic heterocycles. The van der Waals surface area contributed by atoms with Gasteiger partial charge in [-0.25, -0.2) is 4.79 Å². The fourth-order valence-corrected chi connectivity index (χ4v) is 1.87. The number of rotatable bonds is 10. The maximum atomic E-state index is 11.5. The van der Waals surface area contributed by atoms with E-state index in [2.05, 4.69) is 10.6 Å². The molecule has 0 aliphatic rings. The molecule has 0 saturated carbocycles. The van der Waals surface area contributed by atoms with Crippen molar-refractivity contribution in [2.24, 2.45) is 11.8 Å². The number of carbonyl (C=O) groups is 2. The molecule has 3 N–H and O–H groups in total. The summed E-state index contributed by atoms with van der Waals surface area (Å²) in [5.74, 6) is -0.439. The number of hydrogen-bond acceptors (Lipinski definition) is 3. The molecule has 0 saturated heterocycles. The Balaban J connectivity index is 3.88. The van der Waals surface area contributed by atoms with Gasteiger partial charge in [0.25, 0.3) is 0 Å². The standard InChI is InChI=1S/C13H26N2O4/c1-10(2)7-11(8-12(16)17)9-15-13(18)14-5-4-6-19-3/h10-11H,4-9H2,1-3H3,(H,16,17)(H2,14,15,18). The van der Waals surface area contributed by atoms with Crippen LogP contribution in [0.2, 0.25) is 0 Å². The number of aliphatic carboxylic acids is 1. The molecule has 0 spiro atoms. The predicted molar refractivity (Wildman–Crippen MR) is 73.1 cm³/mol. The smallest absolute Gasteiger partial charge is 0.314 e. The first-order valence-electron chi connectivity index (χ1n) is 6.68. The van der Waals surface area contributed by atoms with Gasteiger partial charge in [-0.3, -0.25) is 4.79 Å². The lowest BCUT2D eigenvalue weighted by Gasteiger charge is -2.18. The molecular formula is C13H26N2O4. The molecule has 1 unspecified atom stereocenters. The first-order chi connectivity index (χ1) is 8.95. The number of ether oxygens (including phenoxy) is 1. The molecule has 0 aromatic carbocycles. The zero-order valence-corrected chi connectivity index (χ0v) is 12.1. The predicted octanol–water partition coefficient (Wildman–Crippen LogP) is 1.46. The third kappa shape index (κ3) is 11.5. The molecule has 0 aromatic rings. The zero-order valence-electron chi connectivity index (χ0n) is 12.1. The van der Waals surface area contributed by atoms with Crippen LogP contribution in [-0.4, -0.2) is 43.9 Å². The van der Waals surface area contributed by atoms with Gasteiger partial charge in [0.1, 0.15) is 0 Å². The minimum absolute atomic E-state index is 0.0257. The Bertz CT molecular complexity index is 269. The number of hydrogen-bond donors (Lipinski definition) is 3. The third-order valence-electron chi connectivity index (χ3n) is 2.63. The van der Waals surface area contributed by atoms with Crippen molar-refractivity contribution in [1.82, 2.24) is 10.6 Å². The van der Waals surface area contributed by atoms with Gasteiger partial charge in [0, 0.05) is 33.2 Å². The molecule has 0 radical (unpaired) electrons. The maximum Gasteiger partial charge on any atom is 0.314 e. The first kappa shape index (κ1) is 17.7. The molecule has 0 aliphatic carbocycles. The van der Waals surface area contributed by atoms with Gasteiger partial charge in [0.2, 0.25) is 0 Å². The molecular weight excluding hydrogens is 248 g/mol. The number of urea groups is 1. The maximum absolute atomic E-state index is 11.5. The second-order valence-corrected chi connectivity index (χ2v) is 5.08. The van der Waals surface area contributed by atoms with Gasteiger partial charge in [-0.15, -0.1) is 0 Å². The summed E-state index contributed by atoms with van der Waals surface area (Å²) in [6.07, 6.45) is 1.63. The Morgan fingerprint density at radius 3 is 2.47 bits per heavy atom. The van der Waals surface area contributed by atoms with Crippen LogP contribution in [0.25, 0.3) is 0 Å². The molecule has 6 nitrogen and oxygen atoms in total. The van der Waals surface area contributed by atoms with E-state index in [0.29, 0.717) is 25.6 Å². The Labute approximate surface area is 114 Å². The topological polar surface area (TPSA) is 87.7 Å². The van der Waals surface area contributed by atoms with Gasteiger partial charge in [0.05, 0.1) is 0 Å². The molecule has 6 heteroatoms. The van der Waals surface area contributed by atoms with Crippen LogP contribution in [0, 0.1) is 11.8 Å². The Kier molecular flexibility index (Phi) is 9.88. The van der Waals surface area contributed by atoms with Gasteiger partial charge in [0.15, 0.2) is 0 Å². The SMILES string of the molecule is COCCCNC(=O)NCC(CC(=O)O)CC(C)C. The molecule has 0 bridgehead atoms. The number of carbonyl (C=O) groups excluding carboxylic acids is 1. The van der Waals surface area contributed by atoms with Crippen LogP contribution in [0.5, 0.6) is 0 Å². The summed E-state index contributed by atoms with van der Waals surface area (Å²) in [7, 11) is 1.61. The summed E-state index contributed by atoms with van der Waals surface area (Å²) >= 11 is 0. The van der Waals surface area contributed by atoms with E-state index >= 15 is 0 Å². The van der Waals surface area contributed by atoms with E-state index in [0.717, 1.165) is 12.8 Å². The quantitative estimate of drug-likeness (QED) is 0.526. The molecule has 19 heavy (non-hydrogen) atoms. The Morgan fingerprint density at radius 2 is 1.95 bits per heavy atom. The lowest BCUT2D eigenvalue weighted by atomic mass is 9.94. The van der Waals surface area contributed by atoms with Gasteiger partial charge >= 0.3 is 12.0 Å². The fraction of sp³-hybridized carbons (Fsp3) is 0.846. The molecule has 0 aromatic heterocycles. The van der Waals surface area contributed by atoms with Crippen LogP contribution in [0.3, 0.4) is 0 Å². The van der Waals surface area contributed by atoms with Crippen molar-refractivity contribution in [1.29, 1.82) is 0 Å². The van der Waals surface area contributed by atoms with Crippen molar-refractivity contribution in [2.45, 2.75) is 33.1 Å². The van der Waals surface area contributed by atoms with E-state index in [4.69, 9.17) is 9.84 Å². The third-order valence-corrected chi connectivity index (χ3v) is 2.63. The van der Waals surface area contributed by atoms with Crippen molar-refractivity contribution in [2.75, 3.05) is 26.8 Å². The average molecular weight is 274 g/mol. The average Bonchev–Trinajstić information content (AvgIpc) is 2.30. The molecule has 2 amide bonds. The summed E-state index contributed by atoms with van der Waals surface area (Å²) in [6, 6.07) is -0.254. The number of methoxy groups -OCH3 is 1. The van der Waals surface area contributed by atoms with Crippen LogP contribution in [-0.2, 0) is 9.53 Å². The minimum Gasteiger partial charge on any atom is -0.481 e. The highest BCUT2D eigenvalue weighted by Crippen LogP contribution is 2.14. The van der Waals surface area contributed by atoms with E-state index in [1.54, 1.807) is 7.11 Å². The van der Waals surface area contributed by atoms with Crippen LogP contribution in [0.4, 0.5) is 4.79 Å². The second kappa shape index (κ2) is 10.6. The van der Waals surface area contributed by atoms with Crippen LogP contribution >= 0.6 is 0 Å². The van der Waals surface area contributed by atoms with Crippen molar-refractivity contribution in [3.8, 4) is 0 Å². The lowest BCUT2D eigenvalue weighted by Crippen LogP contribution is -2.39. The van der Waals surface area contributed by atoms with Crippen molar-refractivity contribution in [3.05, 3.63) is 0 Å². The van der Waals surface area contributed by atoms with Crippen LogP contribution in [0.1, 0.15) is 33.1 Å². The molecule has 112 valence electrons. The van der Waals surface area contributed by atoms with Crippen molar-refractivity contribution in [3.63, 3.8) is 0 Å². The summed E-state index contributed by atoms with van der Waals surface area (Å²) in [6.45, 7) is 5.63. The van der Waals surface area contributed by atoms with E-state index in [-0.39, 0.29) is 18.4 Å². The van der Waals surface area contributed by atoms with Gasteiger partial charge < -0.3 is 20.5 Å². The summed E-state index contributed by atoms with van der Waals surface area (Å²) in [5, 5.41) is 14.2. The minimum atomic E-state index is -0.826. The summed E-state index contributed by atoms with van der Waals surface area (Å²) < 4.78 is 4.87. The van der Waals surface area contributed by atoms with Crippen LogP contribution < -0.4 is 10.6 Å². The largest absolute Gasteiger partial charge is 0.481 e. The van der Waals surface area contributed by atoms with Crippen molar-refractivity contribution < 1.29 is 19.4 Å². The van der Waals surface area contributed by atoms with Gasteiger partial charge in [-0.1, -0.05) is 13.8 Å². The van der Waals surface area contributed by atoms with Gasteiger partial charge in [-0.05, 0) is 24.7 Å². The van der Waals surface area contributed by atoms with Gasteiger partial charge in [-0.2, -0.15) is 0 Å². The van der Waals surface area contributed by atoms with E-state index in [9.17, 15) is 9.59 Å². The molecule has 0 fully saturated rings. The zero-order chi connectivity index (χ0) is 14.7. The summed E-state index contributed by atoms with van der Waals surface area (Å²) in [5.41, 5.74) is 0. The van der Waals surface area contributed by atoms with E-state index in [1.807, 2.05) is 13.8 Å². The lowest BCUT2D eigenvalue weighted by molar-refractivity contribution is -0.138. The molecule has 0 heterocycles. The Hall–Kier alpha value is -1.30. The number of nitrogens with one attached hydrogen (secondary N) is 2. The molecule has 1 atom stereocenters. The monoisotopic (exact) mass is 274 g/mol. The summed E-state index contributed by atoms with van der Waals surface area (Å²) in [4.78, 5) is 22.2. The first-order valence-corrected chi connectivity index (χ1v) is 6.68. The fourth-order valence-electron chi connectivity index (χ4n) is 1.87. The van der Waals surface area contributed by atoms with Crippen LogP contribution in [0.15, 0.2) is 0 Å². The number of carboxylic acids is 1. The highest BCUT2D eigenvalue weighted by molar-refractivity contribution is 5.74. The highest BCUT2D eigenvalue weighted by Gasteiger charge is 2.15. The number of amides is 2. The highest BCUT2D eigenvalue weighted by atomic mass is 16.5. The Morgan fingerprint density at radius 1 is 1.26 bits per heavy atom. The van der Waals surface area contributed by atoms with E-state index < -0.39 is 5.97 Å². The molecule has 0 rings (SSSR count). The second-order valence-electron chi connectivity index (χ2n) is 5.08. The number of carboxylic acid groups (broad SMARTS) is 1.